The molecule has 2 aliphatic rings. The summed E-state index contributed by atoms with van der Waals surface area (Å²) in [5.41, 5.74) is 10.2. The lowest BCUT2D eigenvalue weighted by Gasteiger charge is -2.17. The molecule has 7 nitrogen and oxygen atoms in total. The van der Waals surface area contributed by atoms with Crippen LogP contribution >= 0.6 is 0 Å². The number of amides is 2. The Kier molecular flexibility index (Phi) is 6.74. The molecule has 1 saturated carbocycles. The third kappa shape index (κ3) is 5.65. The maximum Gasteiger partial charge on any atom is 0.242 e. The Hall–Kier alpha value is -2.93. The SMILES string of the molecule is Cc1nc(N)ccc1CNC(=O)[C@H](C)NC(=O)[C@H]1C[C@H](Cc2cccc(C3CC3)c2)CN1. The van der Waals surface area contributed by atoms with E-state index in [1.54, 1.807) is 13.0 Å². The van der Waals surface area contributed by atoms with Gasteiger partial charge in [-0.3, -0.25) is 9.59 Å². The fourth-order valence-corrected chi connectivity index (χ4v) is 4.40. The van der Waals surface area contributed by atoms with E-state index in [2.05, 4.69) is 45.2 Å². The zero-order chi connectivity index (χ0) is 22.7. The fraction of sp³-hybridized carbons (Fsp3) is 0.480. The van der Waals surface area contributed by atoms with Crippen molar-refractivity contribution in [2.24, 2.45) is 5.92 Å². The Labute approximate surface area is 189 Å². The van der Waals surface area contributed by atoms with Gasteiger partial charge in [0, 0.05) is 12.2 Å². The fourth-order valence-electron chi connectivity index (χ4n) is 4.40. The van der Waals surface area contributed by atoms with Gasteiger partial charge in [-0.25, -0.2) is 4.98 Å². The van der Waals surface area contributed by atoms with Crippen LogP contribution in [0.2, 0.25) is 0 Å². The number of benzene rings is 1. The number of hydrogen-bond acceptors (Lipinski definition) is 5. The third-order valence-electron chi connectivity index (χ3n) is 6.48. The average molecular weight is 436 g/mol. The van der Waals surface area contributed by atoms with Gasteiger partial charge >= 0.3 is 0 Å². The summed E-state index contributed by atoms with van der Waals surface area (Å²) in [6.45, 7) is 4.72. The molecule has 1 aromatic carbocycles. The molecule has 0 spiro atoms. The molecule has 2 fully saturated rings. The van der Waals surface area contributed by atoms with Gasteiger partial charge in [0.15, 0.2) is 0 Å². The molecule has 170 valence electrons. The van der Waals surface area contributed by atoms with Gasteiger partial charge in [-0.2, -0.15) is 0 Å². The number of rotatable bonds is 8. The minimum atomic E-state index is -0.611. The predicted octanol–water partition coefficient (Wildman–Crippen LogP) is 2.19. The van der Waals surface area contributed by atoms with Crippen LogP contribution in [0.4, 0.5) is 5.82 Å². The van der Waals surface area contributed by atoms with Crippen LogP contribution in [0.3, 0.4) is 0 Å². The Morgan fingerprint density at radius 1 is 1.25 bits per heavy atom. The molecular formula is C25H33N5O2. The molecule has 1 aliphatic heterocycles. The van der Waals surface area contributed by atoms with Crippen LogP contribution in [0.25, 0.3) is 0 Å². The minimum Gasteiger partial charge on any atom is -0.384 e. The monoisotopic (exact) mass is 435 g/mol. The molecule has 4 rings (SSSR count). The number of nitrogens with one attached hydrogen (secondary N) is 3. The molecule has 1 aliphatic carbocycles. The molecule has 2 heterocycles. The molecular weight excluding hydrogens is 402 g/mol. The third-order valence-corrected chi connectivity index (χ3v) is 6.48. The number of aromatic nitrogens is 1. The Bertz CT molecular complexity index is 988. The zero-order valence-corrected chi connectivity index (χ0v) is 18.9. The maximum absolute atomic E-state index is 12.7. The molecule has 0 radical (unpaired) electrons. The summed E-state index contributed by atoms with van der Waals surface area (Å²) in [6.07, 6.45) is 4.37. The van der Waals surface area contributed by atoms with Crippen molar-refractivity contribution in [1.29, 1.82) is 0 Å². The van der Waals surface area contributed by atoms with Crippen molar-refractivity contribution < 1.29 is 9.59 Å². The van der Waals surface area contributed by atoms with Crippen LogP contribution in [-0.2, 0) is 22.6 Å². The van der Waals surface area contributed by atoms with Crippen molar-refractivity contribution in [2.45, 2.75) is 64.1 Å². The van der Waals surface area contributed by atoms with Gasteiger partial charge in [0.25, 0.3) is 0 Å². The van der Waals surface area contributed by atoms with E-state index in [-0.39, 0.29) is 17.9 Å². The van der Waals surface area contributed by atoms with Crippen LogP contribution in [0, 0.1) is 12.8 Å². The molecule has 1 saturated heterocycles. The Morgan fingerprint density at radius 3 is 2.81 bits per heavy atom. The van der Waals surface area contributed by atoms with Crippen molar-refractivity contribution >= 4 is 17.6 Å². The predicted molar refractivity (Wildman–Crippen MR) is 125 cm³/mol. The standard InChI is InChI=1S/C25H33N5O2/c1-15-21(8-9-23(26)29-15)14-28-24(31)16(2)30-25(32)22-12-18(13-27-22)10-17-4-3-5-20(11-17)19-6-7-19/h3-5,8-9,11,16,18-19,22,27H,6-7,10,12-14H2,1-2H3,(H2,26,29)(H,28,31)(H,30,32)/t16-,18-,22+/m0/s1. The molecule has 2 amide bonds. The first kappa shape index (κ1) is 22.3. The summed E-state index contributed by atoms with van der Waals surface area (Å²) in [7, 11) is 0. The van der Waals surface area contributed by atoms with Crippen LogP contribution < -0.4 is 21.7 Å². The molecule has 0 bridgehead atoms. The van der Waals surface area contributed by atoms with Crippen molar-refractivity contribution in [3.63, 3.8) is 0 Å². The van der Waals surface area contributed by atoms with Crippen molar-refractivity contribution in [3.05, 3.63) is 58.8 Å². The van der Waals surface area contributed by atoms with Crippen LogP contribution in [0.15, 0.2) is 36.4 Å². The quantitative estimate of drug-likeness (QED) is 0.508. The topological polar surface area (TPSA) is 109 Å². The van der Waals surface area contributed by atoms with E-state index in [0.29, 0.717) is 18.3 Å². The van der Waals surface area contributed by atoms with E-state index in [1.807, 2.05) is 13.0 Å². The molecule has 5 N–H and O–H groups in total. The highest BCUT2D eigenvalue weighted by Crippen LogP contribution is 2.40. The molecule has 0 unspecified atom stereocenters. The number of pyridine rings is 1. The lowest BCUT2D eigenvalue weighted by atomic mass is 9.95. The van der Waals surface area contributed by atoms with Crippen LogP contribution in [0.5, 0.6) is 0 Å². The van der Waals surface area contributed by atoms with E-state index in [1.165, 1.54) is 24.0 Å². The Morgan fingerprint density at radius 2 is 2.06 bits per heavy atom. The van der Waals surface area contributed by atoms with Crippen molar-refractivity contribution in [3.8, 4) is 0 Å². The number of anilines is 1. The summed E-state index contributed by atoms with van der Waals surface area (Å²) in [4.78, 5) is 29.3. The average Bonchev–Trinajstić information content (AvgIpc) is 3.52. The van der Waals surface area contributed by atoms with Gasteiger partial charge in [-0.1, -0.05) is 30.3 Å². The molecule has 1 aromatic heterocycles. The summed E-state index contributed by atoms with van der Waals surface area (Å²) >= 11 is 0. The van der Waals surface area contributed by atoms with Crippen molar-refractivity contribution in [1.82, 2.24) is 20.9 Å². The van der Waals surface area contributed by atoms with Gasteiger partial charge in [0.1, 0.15) is 11.9 Å². The lowest BCUT2D eigenvalue weighted by Crippen LogP contribution is -2.50. The highest BCUT2D eigenvalue weighted by molar-refractivity contribution is 5.89. The highest BCUT2D eigenvalue weighted by atomic mass is 16.2. The number of carbonyl (C=O) groups is 2. The van der Waals surface area contributed by atoms with E-state index in [9.17, 15) is 9.59 Å². The number of nitrogen functional groups attached to an aromatic ring is 1. The summed E-state index contributed by atoms with van der Waals surface area (Å²) in [5, 5.41) is 9.04. The molecule has 7 heteroatoms. The first-order chi connectivity index (χ1) is 15.4. The smallest absolute Gasteiger partial charge is 0.242 e. The minimum absolute atomic E-state index is 0.118. The second kappa shape index (κ2) is 9.69. The van der Waals surface area contributed by atoms with Crippen LogP contribution in [-0.4, -0.2) is 35.4 Å². The second-order valence-electron chi connectivity index (χ2n) is 9.21. The number of nitrogens with zero attached hydrogens (tertiary/aromatic N) is 1. The maximum atomic E-state index is 12.7. The number of hydrogen-bond donors (Lipinski definition) is 4. The molecule has 3 atom stereocenters. The normalized spacial score (nSPS) is 21.2. The van der Waals surface area contributed by atoms with Gasteiger partial charge < -0.3 is 21.7 Å². The number of aryl methyl sites for hydroxylation is 1. The first-order valence-electron chi connectivity index (χ1n) is 11.5. The number of nitrogens with two attached hydrogens (primary N) is 1. The first-order valence-corrected chi connectivity index (χ1v) is 11.5. The molecule has 2 aromatic rings. The van der Waals surface area contributed by atoms with Gasteiger partial charge in [0.2, 0.25) is 11.8 Å². The molecule has 32 heavy (non-hydrogen) atoms. The lowest BCUT2D eigenvalue weighted by molar-refractivity contribution is -0.129. The van der Waals surface area contributed by atoms with E-state index < -0.39 is 6.04 Å². The van der Waals surface area contributed by atoms with Gasteiger partial charge in [0.05, 0.1) is 6.04 Å². The highest BCUT2D eigenvalue weighted by Gasteiger charge is 2.31. The van der Waals surface area contributed by atoms with E-state index >= 15 is 0 Å². The van der Waals surface area contributed by atoms with Gasteiger partial charge in [-0.15, -0.1) is 0 Å². The summed E-state index contributed by atoms with van der Waals surface area (Å²) in [5.74, 6) is 1.29. The largest absolute Gasteiger partial charge is 0.384 e. The van der Waals surface area contributed by atoms with Gasteiger partial charge in [-0.05, 0) is 80.7 Å². The summed E-state index contributed by atoms with van der Waals surface area (Å²) < 4.78 is 0. The zero-order valence-electron chi connectivity index (χ0n) is 18.9. The second-order valence-corrected chi connectivity index (χ2v) is 9.21. The summed E-state index contributed by atoms with van der Waals surface area (Å²) in [6, 6.07) is 11.6. The van der Waals surface area contributed by atoms with E-state index in [4.69, 9.17) is 5.73 Å². The number of carbonyl (C=O) groups excluding carboxylic acids is 2. The van der Waals surface area contributed by atoms with Crippen LogP contribution in [0.1, 0.15) is 54.5 Å². The van der Waals surface area contributed by atoms with E-state index in [0.717, 1.165) is 36.6 Å². The Balaban J connectivity index is 1.22. The van der Waals surface area contributed by atoms with Crippen molar-refractivity contribution in [2.75, 3.05) is 12.3 Å².